The van der Waals surface area contributed by atoms with Crippen LogP contribution in [0.2, 0.25) is 0 Å². The zero-order chi connectivity index (χ0) is 34.1. The van der Waals surface area contributed by atoms with Crippen molar-refractivity contribution in [1.82, 2.24) is 4.90 Å². The highest BCUT2D eigenvalue weighted by molar-refractivity contribution is 7.20. The van der Waals surface area contributed by atoms with E-state index in [-0.39, 0.29) is 36.6 Å². The van der Waals surface area contributed by atoms with Gasteiger partial charge in [0.15, 0.2) is 17.3 Å². The third-order valence-corrected chi connectivity index (χ3v) is 9.54. The summed E-state index contributed by atoms with van der Waals surface area (Å²) in [5.74, 6) is -0.105. The van der Waals surface area contributed by atoms with Gasteiger partial charge in [0.05, 0.1) is 38.1 Å². The Morgan fingerprint density at radius 1 is 0.980 bits per heavy atom. The van der Waals surface area contributed by atoms with E-state index >= 15 is 0 Å². The largest absolute Gasteiger partial charge is 0.493 e. The molecule has 7 rings (SSSR count). The number of carbonyl (C=O) groups excluding carboxylic acids is 4. The second-order valence-corrected chi connectivity index (χ2v) is 12.8. The van der Waals surface area contributed by atoms with E-state index in [0.29, 0.717) is 62.9 Å². The van der Waals surface area contributed by atoms with E-state index in [1.54, 1.807) is 54.6 Å². The third-order valence-electron chi connectivity index (χ3n) is 8.45. The van der Waals surface area contributed by atoms with E-state index in [9.17, 15) is 19.2 Å². The molecule has 0 aliphatic carbocycles. The molecule has 250 valence electrons. The Hall–Kier alpha value is -5.69. The second kappa shape index (κ2) is 13.4. The van der Waals surface area contributed by atoms with Crippen molar-refractivity contribution in [2.24, 2.45) is 4.99 Å². The SMILES string of the molecule is COC(=O)c1cc2cc(NC(=O)c3cc4cc(NC(=O)CCCOc5cc6c(cc5OC)C(=O)N5CCC[C@H]5C=N6)ccc4o3)ccc2s1. The molecule has 0 saturated carbocycles. The van der Waals surface area contributed by atoms with E-state index in [0.717, 1.165) is 22.9 Å². The minimum absolute atomic E-state index is 0.00797. The fraction of sp³-hybridized carbons (Fsp3) is 0.250. The van der Waals surface area contributed by atoms with Crippen LogP contribution in [0.3, 0.4) is 0 Å². The van der Waals surface area contributed by atoms with Crippen LogP contribution in [0, 0.1) is 0 Å². The molecule has 5 aromatic rings. The van der Waals surface area contributed by atoms with Gasteiger partial charge in [-0.1, -0.05) is 0 Å². The Morgan fingerprint density at radius 3 is 2.63 bits per heavy atom. The summed E-state index contributed by atoms with van der Waals surface area (Å²) in [4.78, 5) is 57.6. The molecule has 2 aromatic heterocycles. The van der Waals surface area contributed by atoms with E-state index in [1.165, 1.54) is 25.6 Å². The van der Waals surface area contributed by atoms with E-state index in [2.05, 4.69) is 15.6 Å². The fourth-order valence-corrected chi connectivity index (χ4v) is 6.97. The number of nitrogens with zero attached hydrogens (tertiary/aromatic N) is 2. The summed E-state index contributed by atoms with van der Waals surface area (Å²) in [6.07, 6.45) is 4.32. The second-order valence-electron chi connectivity index (χ2n) is 11.7. The zero-order valence-electron chi connectivity index (χ0n) is 26.7. The first-order chi connectivity index (χ1) is 23.8. The summed E-state index contributed by atoms with van der Waals surface area (Å²) >= 11 is 1.31. The quantitative estimate of drug-likeness (QED) is 0.121. The van der Waals surface area contributed by atoms with Crippen molar-refractivity contribution in [3.63, 3.8) is 0 Å². The van der Waals surface area contributed by atoms with Crippen LogP contribution in [0.25, 0.3) is 21.1 Å². The standard InChI is InChI=1S/C36H32N4O8S/c1-45-28-17-25-26(37-19-24-5-3-11-40(24)35(25)43)18-29(28)47-12-4-6-33(41)38-22-7-9-27-20(13-22)15-30(48-27)34(42)39-23-8-10-31-21(14-23)16-32(49-31)36(44)46-2/h7-10,13-19,24H,3-6,11-12H2,1-2H3,(H,38,41)(H,39,42)/t24-/m0/s1. The number of benzene rings is 3. The number of thiophene rings is 1. The number of methoxy groups -OCH3 is 2. The molecule has 0 spiro atoms. The van der Waals surface area contributed by atoms with Crippen LogP contribution in [0.5, 0.6) is 11.5 Å². The predicted molar refractivity (Wildman–Crippen MR) is 186 cm³/mol. The monoisotopic (exact) mass is 680 g/mol. The highest BCUT2D eigenvalue weighted by Gasteiger charge is 2.32. The van der Waals surface area contributed by atoms with E-state index in [1.807, 2.05) is 17.2 Å². The molecule has 2 N–H and O–H groups in total. The van der Waals surface area contributed by atoms with Gasteiger partial charge in [0.25, 0.3) is 11.8 Å². The summed E-state index contributed by atoms with van der Waals surface area (Å²) in [5.41, 5.74) is 2.63. The average Bonchev–Trinajstić information content (AvgIpc) is 3.85. The number of carbonyl (C=O) groups is 4. The number of rotatable bonds is 10. The lowest BCUT2D eigenvalue weighted by Gasteiger charge is -2.20. The van der Waals surface area contributed by atoms with Crippen molar-refractivity contribution < 1.29 is 37.8 Å². The van der Waals surface area contributed by atoms with Gasteiger partial charge in [0, 0.05) is 46.7 Å². The van der Waals surface area contributed by atoms with Gasteiger partial charge in [-0.3, -0.25) is 19.4 Å². The molecule has 0 unspecified atom stereocenters. The molecule has 3 aromatic carbocycles. The number of aliphatic imine (C=N–C) groups is 1. The summed E-state index contributed by atoms with van der Waals surface area (Å²) in [5, 5.41) is 7.17. The average molecular weight is 681 g/mol. The first-order valence-electron chi connectivity index (χ1n) is 15.8. The topological polar surface area (TPSA) is 149 Å². The van der Waals surface area contributed by atoms with Crippen LogP contribution in [-0.4, -0.2) is 68.2 Å². The molecule has 13 heteroatoms. The van der Waals surface area contributed by atoms with Crippen LogP contribution in [0.4, 0.5) is 17.1 Å². The Bertz CT molecular complexity index is 2150. The van der Waals surface area contributed by atoms with Crippen LogP contribution >= 0.6 is 11.3 Å². The Labute approximate surface area is 284 Å². The molecular formula is C36H32N4O8S. The minimum Gasteiger partial charge on any atom is -0.493 e. The normalized spacial score (nSPS) is 15.1. The summed E-state index contributed by atoms with van der Waals surface area (Å²) in [6.45, 7) is 0.961. The van der Waals surface area contributed by atoms with Crippen molar-refractivity contribution in [2.75, 3.05) is 38.0 Å². The van der Waals surface area contributed by atoms with Gasteiger partial charge in [-0.05, 0) is 79.2 Å². The van der Waals surface area contributed by atoms with Crippen molar-refractivity contribution in [2.45, 2.75) is 31.7 Å². The first kappa shape index (κ1) is 31.9. The van der Waals surface area contributed by atoms with E-state index in [4.69, 9.17) is 18.6 Å². The smallest absolute Gasteiger partial charge is 0.348 e. The molecule has 4 heterocycles. The van der Waals surface area contributed by atoms with Crippen molar-refractivity contribution in [3.05, 3.63) is 76.9 Å². The molecule has 1 atom stereocenters. The lowest BCUT2D eigenvalue weighted by molar-refractivity contribution is -0.116. The number of ether oxygens (including phenoxy) is 3. The number of hydrogen-bond acceptors (Lipinski definition) is 10. The Balaban J connectivity index is 0.935. The van der Waals surface area contributed by atoms with Crippen molar-refractivity contribution in [1.29, 1.82) is 0 Å². The molecule has 0 bridgehead atoms. The molecular weight excluding hydrogens is 648 g/mol. The molecule has 1 saturated heterocycles. The summed E-state index contributed by atoms with van der Waals surface area (Å²) in [6, 6.07) is 17.2. The third kappa shape index (κ3) is 6.57. The molecule has 1 fully saturated rings. The van der Waals surface area contributed by atoms with Crippen LogP contribution < -0.4 is 20.1 Å². The van der Waals surface area contributed by atoms with Gasteiger partial charge in [0.1, 0.15) is 10.5 Å². The summed E-state index contributed by atoms with van der Waals surface area (Å²) in [7, 11) is 2.85. The van der Waals surface area contributed by atoms with Gasteiger partial charge in [-0.25, -0.2) is 4.79 Å². The van der Waals surface area contributed by atoms with Crippen LogP contribution in [-0.2, 0) is 9.53 Å². The van der Waals surface area contributed by atoms with Gasteiger partial charge in [-0.15, -0.1) is 11.3 Å². The Morgan fingerprint density at radius 2 is 1.80 bits per heavy atom. The minimum atomic E-state index is -0.436. The maximum Gasteiger partial charge on any atom is 0.348 e. The number of nitrogens with one attached hydrogen (secondary N) is 2. The van der Waals surface area contributed by atoms with Gasteiger partial charge < -0.3 is 34.2 Å². The zero-order valence-corrected chi connectivity index (χ0v) is 27.6. The van der Waals surface area contributed by atoms with Gasteiger partial charge >= 0.3 is 5.97 Å². The first-order valence-corrected chi connectivity index (χ1v) is 16.6. The molecule has 3 amide bonds. The predicted octanol–water partition coefficient (Wildman–Crippen LogP) is 6.81. The van der Waals surface area contributed by atoms with Crippen LogP contribution in [0.15, 0.2) is 70.1 Å². The molecule has 2 aliphatic heterocycles. The van der Waals surface area contributed by atoms with Crippen molar-refractivity contribution >= 4 is 79.4 Å². The molecule has 0 radical (unpaired) electrons. The lowest BCUT2D eigenvalue weighted by atomic mass is 10.1. The number of esters is 1. The fourth-order valence-electron chi connectivity index (χ4n) is 6.01. The lowest BCUT2D eigenvalue weighted by Crippen LogP contribution is -2.35. The number of amides is 3. The van der Waals surface area contributed by atoms with E-state index < -0.39 is 11.9 Å². The number of hydrogen-bond donors (Lipinski definition) is 2. The van der Waals surface area contributed by atoms with Gasteiger partial charge in [-0.2, -0.15) is 0 Å². The maximum absolute atomic E-state index is 13.1. The molecule has 2 aliphatic rings. The Kier molecular flexibility index (Phi) is 8.74. The molecule has 12 nitrogen and oxygen atoms in total. The highest BCUT2D eigenvalue weighted by Crippen LogP contribution is 2.38. The van der Waals surface area contributed by atoms with Gasteiger partial charge in [0.2, 0.25) is 5.91 Å². The summed E-state index contributed by atoms with van der Waals surface area (Å²) < 4.78 is 22.9. The number of fused-ring (bicyclic) bond motifs is 4. The number of anilines is 2. The number of furan rings is 1. The van der Waals surface area contributed by atoms with Crippen molar-refractivity contribution in [3.8, 4) is 11.5 Å². The molecule has 49 heavy (non-hydrogen) atoms. The maximum atomic E-state index is 13.1. The highest BCUT2D eigenvalue weighted by atomic mass is 32.1. The van der Waals surface area contributed by atoms with Crippen LogP contribution in [0.1, 0.15) is 56.3 Å².